The van der Waals surface area contributed by atoms with Gasteiger partial charge in [0, 0.05) is 47.5 Å². The number of nitrogens with two attached hydrogens (primary N) is 1. The van der Waals surface area contributed by atoms with Gasteiger partial charge in [-0.2, -0.15) is 10.2 Å². The molecule has 1 aromatic carbocycles. The molecule has 174 valence electrons. The van der Waals surface area contributed by atoms with E-state index in [-0.39, 0.29) is 5.82 Å². The number of anilines is 1. The lowest BCUT2D eigenvalue weighted by Crippen LogP contribution is -2.27. The first kappa shape index (κ1) is 20.9. The smallest absolute Gasteiger partial charge is 0.166 e. The molecule has 3 aromatic heterocycles. The Bertz CT molecular complexity index is 1410. The molecule has 6 rings (SSSR count). The van der Waals surface area contributed by atoms with Crippen molar-refractivity contribution >= 4 is 5.82 Å². The van der Waals surface area contributed by atoms with Gasteiger partial charge in [0.2, 0.25) is 0 Å². The summed E-state index contributed by atoms with van der Waals surface area (Å²) >= 11 is 0. The van der Waals surface area contributed by atoms with E-state index in [1.807, 2.05) is 44.0 Å². The molecule has 7 nitrogen and oxygen atoms in total. The Hall–Kier alpha value is -3.68. The standard InChI is InChI=1S/C26H27FN6O/c1-26(2)21-11-18(27)7-8-20(21)24-16(13-30-32(24)3)9-15-14-31-33(19-5-4-6-19)23(15)17-10-22(34-26)25(28)29-12-17/h7-8,10-14,19H,4-6,9H2,1-3H3,(H2,28,29). The Morgan fingerprint density at radius 3 is 2.59 bits per heavy atom. The summed E-state index contributed by atoms with van der Waals surface area (Å²) in [5.41, 5.74) is 12.0. The van der Waals surface area contributed by atoms with Gasteiger partial charge < -0.3 is 10.5 Å². The number of halogens is 1. The second-order valence-electron chi connectivity index (χ2n) is 9.78. The summed E-state index contributed by atoms with van der Waals surface area (Å²) in [5, 5.41) is 9.36. The number of pyridine rings is 1. The van der Waals surface area contributed by atoms with E-state index in [2.05, 4.69) is 14.8 Å². The summed E-state index contributed by atoms with van der Waals surface area (Å²) in [6.45, 7) is 3.84. The topological polar surface area (TPSA) is 83.8 Å². The van der Waals surface area contributed by atoms with E-state index in [9.17, 15) is 4.39 Å². The first-order valence-electron chi connectivity index (χ1n) is 11.6. The lowest BCUT2D eigenvalue weighted by molar-refractivity contribution is 0.109. The molecular weight excluding hydrogens is 431 g/mol. The molecule has 0 spiro atoms. The van der Waals surface area contributed by atoms with Crippen molar-refractivity contribution in [1.29, 1.82) is 0 Å². The molecule has 8 heteroatoms. The summed E-state index contributed by atoms with van der Waals surface area (Å²) < 4.78 is 24.9. The van der Waals surface area contributed by atoms with E-state index in [1.165, 1.54) is 18.6 Å². The van der Waals surface area contributed by atoms with E-state index < -0.39 is 5.60 Å². The Morgan fingerprint density at radius 2 is 1.82 bits per heavy atom. The minimum absolute atomic E-state index is 0.296. The maximum atomic E-state index is 14.5. The Labute approximate surface area is 197 Å². The van der Waals surface area contributed by atoms with E-state index in [1.54, 1.807) is 12.3 Å². The average Bonchev–Trinajstić information content (AvgIpc) is 3.32. The van der Waals surface area contributed by atoms with Gasteiger partial charge in [0.05, 0.1) is 29.8 Å². The zero-order valence-corrected chi connectivity index (χ0v) is 19.5. The third kappa shape index (κ3) is 3.20. The third-order valence-corrected chi connectivity index (χ3v) is 7.09. The molecule has 0 unspecified atom stereocenters. The van der Waals surface area contributed by atoms with Gasteiger partial charge in [-0.05, 0) is 57.4 Å². The monoisotopic (exact) mass is 458 g/mol. The van der Waals surface area contributed by atoms with Crippen LogP contribution in [-0.2, 0) is 19.1 Å². The Balaban J connectivity index is 1.65. The van der Waals surface area contributed by atoms with Crippen LogP contribution >= 0.6 is 0 Å². The number of rotatable bonds is 1. The van der Waals surface area contributed by atoms with E-state index in [0.717, 1.165) is 46.5 Å². The summed E-state index contributed by atoms with van der Waals surface area (Å²) in [5.74, 6) is 0.440. The highest BCUT2D eigenvalue weighted by Gasteiger charge is 2.32. The largest absolute Gasteiger partial charge is 0.479 e. The molecule has 4 heterocycles. The van der Waals surface area contributed by atoms with Crippen molar-refractivity contribution in [2.24, 2.45) is 7.05 Å². The number of nitrogen functional groups attached to an aromatic ring is 1. The minimum atomic E-state index is -0.885. The fourth-order valence-corrected chi connectivity index (χ4v) is 5.14. The van der Waals surface area contributed by atoms with Crippen molar-refractivity contribution in [3.63, 3.8) is 0 Å². The second-order valence-corrected chi connectivity index (χ2v) is 9.78. The predicted molar refractivity (Wildman–Crippen MR) is 128 cm³/mol. The summed E-state index contributed by atoms with van der Waals surface area (Å²) in [7, 11) is 1.91. The van der Waals surface area contributed by atoms with Gasteiger partial charge in [0.15, 0.2) is 11.6 Å². The molecular formula is C26H27FN6O. The fraction of sp³-hybridized carbons (Fsp3) is 0.346. The van der Waals surface area contributed by atoms with Crippen molar-refractivity contribution in [1.82, 2.24) is 24.5 Å². The van der Waals surface area contributed by atoms with Crippen LogP contribution < -0.4 is 10.5 Å². The van der Waals surface area contributed by atoms with Crippen LogP contribution in [0.5, 0.6) is 5.75 Å². The van der Waals surface area contributed by atoms with E-state index >= 15 is 0 Å². The molecule has 0 saturated heterocycles. The number of aryl methyl sites for hydroxylation is 1. The van der Waals surface area contributed by atoms with Crippen LogP contribution in [0.2, 0.25) is 0 Å². The second kappa shape index (κ2) is 7.41. The lowest BCUT2D eigenvalue weighted by atomic mass is 9.88. The SMILES string of the molecule is Cn1ncc2c1-c1ccc(F)cc1C(C)(C)Oc1cc(cnc1N)-c1c(cnn1C1CCC1)C2. The maximum Gasteiger partial charge on any atom is 0.166 e. The van der Waals surface area contributed by atoms with Crippen molar-refractivity contribution in [2.45, 2.75) is 51.2 Å². The molecule has 1 aliphatic carbocycles. The fourth-order valence-electron chi connectivity index (χ4n) is 5.14. The summed E-state index contributed by atoms with van der Waals surface area (Å²) in [6.07, 6.45) is 9.70. The molecule has 2 N–H and O–H groups in total. The van der Waals surface area contributed by atoms with Crippen LogP contribution in [0.3, 0.4) is 0 Å². The number of nitrogens with zero attached hydrogens (tertiary/aromatic N) is 5. The van der Waals surface area contributed by atoms with Crippen LogP contribution in [0.1, 0.15) is 55.8 Å². The summed E-state index contributed by atoms with van der Waals surface area (Å²) in [4.78, 5) is 4.46. The molecule has 2 aliphatic rings. The molecule has 2 bridgehead atoms. The quantitative estimate of drug-likeness (QED) is 0.433. The summed E-state index contributed by atoms with van der Waals surface area (Å²) in [6, 6.07) is 7.13. The average molecular weight is 459 g/mol. The molecule has 0 atom stereocenters. The number of hydrogen-bond donors (Lipinski definition) is 1. The minimum Gasteiger partial charge on any atom is -0.479 e. The zero-order chi connectivity index (χ0) is 23.6. The van der Waals surface area contributed by atoms with Crippen molar-refractivity contribution in [2.75, 3.05) is 5.73 Å². The van der Waals surface area contributed by atoms with Crippen LogP contribution in [0, 0.1) is 5.82 Å². The van der Waals surface area contributed by atoms with E-state index in [0.29, 0.717) is 29.6 Å². The van der Waals surface area contributed by atoms with Gasteiger partial charge in [0.1, 0.15) is 11.4 Å². The predicted octanol–water partition coefficient (Wildman–Crippen LogP) is 5.01. The third-order valence-electron chi connectivity index (χ3n) is 7.09. The van der Waals surface area contributed by atoms with Gasteiger partial charge in [-0.25, -0.2) is 9.37 Å². The molecule has 4 aromatic rings. The first-order chi connectivity index (χ1) is 16.3. The highest BCUT2D eigenvalue weighted by atomic mass is 19.1. The molecule has 0 amide bonds. The maximum absolute atomic E-state index is 14.5. The molecule has 1 aliphatic heterocycles. The Morgan fingerprint density at radius 1 is 1.06 bits per heavy atom. The van der Waals surface area contributed by atoms with Gasteiger partial charge >= 0.3 is 0 Å². The van der Waals surface area contributed by atoms with Gasteiger partial charge in [0.25, 0.3) is 0 Å². The molecule has 34 heavy (non-hydrogen) atoms. The number of fused-ring (bicyclic) bond motifs is 7. The molecule has 1 fully saturated rings. The van der Waals surface area contributed by atoms with E-state index in [4.69, 9.17) is 15.6 Å². The Kier molecular flexibility index (Phi) is 4.56. The zero-order valence-electron chi connectivity index (χ0n) is 19.5. The van der Waals surface area contributed by atoms with Gasteiger partial charge in [-0.15, -0.1) is 0 Å². The van der Waals surface area contributed by atoms with Crippen molar-refractivity contribution in [3.05, 3.63) is 65.4 Å². The highest BCUT2D eigenvalue weighted by Crippen LogP contribution is 2.42. The van der Waals surface area contributed by atoms with Crippen molar-refractivity contribution < 1.29 is 9.13 Å². The number of aromatic nitrogens is 5. The normalized spacial score (nSPS) is 16.8. The van der Waals surface area contributed by atoms with Crippen LogP contribution in [0.15, 0.2) is 42.9 Å². The number of ether oxygens (including phenoxy) is 1. The highest BCUT2D eigenvalue weighted by molar-refractivity contribution is 5.72. The lowest BCUT2D eigenvalue weighted by Gasteiger charge is -2.31. The number of benzene rings is 1. The van der Waals surface area contributed by atoms with Crippen LogP contribution in [-0.4, -0.2) is 24.5 Å². The first-order valence-corrected chi connectivity index (χ1v) is 11.6. The van der Waals surface area contributed by atoms with Crippen molar-refractivity contribution in [3.8, 4) is 28.3 Å². The van der Waals surface area contributed by atoms with Crippen LogP contribution in [0.4, 0.5) is 10.2 Å². The molecule has 1 saturated carbocycles. The van der Waals surface area contributed by atoms with Crippen LogP contribution in [0.25, 0.3) is 22.5 Å². The molecule has 0 radical (unpaired) electrons. The number of hydrogen-bond acceptors (Lipinski definition) is 5. The van der Waals surface area contributed by atoms with Gasteiger partial charge in [-0.1, -0.05) is 0 Å². The van der Waals surface area contributed by atoms with Gasteiger partial charge in [-0.3, -0.25) is 9.36 Å².